The summed E-state index contributed by atoms with van der Waals surface area (Å²) in [6, 6.07) is 0. The molecule has 0 aliphatic heterocycles. The summed E-state index contributed by atoms with van der Waals surface area (Å²) in [7, 11) is -4.09. The molecule has 0 aliphatic carbocycles. The second-order valence-electron chi connectivity index (χ2n) is 10.8. The molecule has 0 rings (SSSR count). The highest BCUT2D eigenvalue weighted by atomic mass is 32.2. The van der Waals surface area contributed by atoms with Gasteiger partial charge in [0.25, 0.3) is 0 Å². The Bertz CT molecular complexity index is 1520. The highest BCUT2D eigenvalue weighted by Gasteiger charge is 2.72. The van der Waals surface area contributed by atoms with Crippen molar-refractivity contribution in [2.75, 3.05) is 0 Å². The monoisotopic (exact) mass is 672 g/mol. The van der Waals surface area contributed by atoms with Gasteiger partial charge in [-0.2, -0.15) is 26.3 Å². The number of aliphatic hydroxyl groups excluding tert-OH is 1. The summed E-state index contributed by atoms with van der Waals surface area (Å²) in [6.07, 6.45) is 1.01. The summed E-state index contributed by atoms with van der Waals surface area (Å²) in [5.74, 6) is -0.771. The predicted octanol–water partition coefficient (Wildman–Crippen LogP) is 11.2. The van der Waals surface area contributed by atoms with E-state index in [-0.39, 0.29) is 27.1 Å². The number of hydrogen-bond donors (Lipinski definition) is 1. The minimum atomic E-state index is -5.84. The largest absolute Gasteiger partial charge is 0.509 e. The Hall–Kier alpha value is -3.99. The fourth-order valence-corrected chi connectivity index (χ4v) is 5.17. The Morgan fingerprint density at radius 1 is 0.652 bits per heavy atom. The molecule has 0 aromatic heterocycles. The van der Waals surface area contributed by atoms with Crippen molar-refractivity contribution in [3.8, 4) is 0 Å². The van der Waals surface area contributed by atoms with Crippen LogP contribution in [0.5, 0.6) is 0 Å². The highest BCUT2D eigenvalue weighted by Crippen LogP contribution is 2.59. The maximum absolute atomic E-state index is 14.6. The quantitative estimate of drug-likeness (QED) is 0.113. The minimum absolute atomic E-state index is 0.0411. The molecule has 254 valence electrons. The third kappa shape index (κ3) is 10.5. The molecular formula is C35H42F6O4S. The molecule has 0 heterocycles. The minimum Gasteiger partial charge on any atom is -0.509 e. The molecule has 0 bridgehead atoms. The molecular weight excluding hydrogens is 630 g/mol. The van der Waals surface area contributed by atoms with Crippen molar-refractivity contribution in [2.24, 2.45) is 10.8 Å². The molecule has 0 fully saturated rings. The van der Waals surface area contributed by atoms with Crippen molar-refractivity contribution in [3.05, 3.63) is 143 Å². The normalized spacial score (nSPS) is 15.4. The van der Waals surface area contributed by atoms with E-state index in [0.29, 0.717) is 17.7 Å². The first-order chi connectivity index (χ1) is 20.9. The zero-order valence-electron chi connectivity index (χ0n) is 27.1. The van der Waals surface area contributed by atoms with Gasteiger partial charge < -0.3 is 9.84 Å². The van der Waals surface area contributed by atoms with Gasteiger partial charge in [0.05, 0.1) is 9.81 Å². The van der Waals surface area contributed by atoms with Gasteiger partial charge in [-0.25, -0.2) is 8.42 Å². The average molecular weight is 673 g/mol. The summed E-state index contributed by atoms with van der Waals surface area (Å²) >= 11 is 0. The summed E-state index contributed by atoms with van der Waals surface area (Å²) < 4.78 is 118. The number of halogens is 6. The predicted molar refractivity (Wildman–Crippen MR) is 175 cm³/mol. The topological polar surface area (TPSA) is 63.6 Å². The van der Waals surface area contributed by atoms with E-state index in [1.165, 1.54) is 38.2 Å². The second kappa shape index (κ2) is 16.5. The molecule has 11 heteroatoms. The molecule has 0 atom stereocenters. The van der Waals surface area contributed by atoms with Crippen LogP contribution in [0.15, 0.2) is 143 Å². The van der Waals surface area contributed by atoms with Crippen LogP contribution in [0, 0.1) is 10.8 Å². The van der Waals surface area contributed by atoms with Crippen molar-refractivity contribution >= 4 is 9.84 Å². The van der Waals surface area contributed by atoms with Crippen molar-refractivity contribution in [1.29, 1.82) is 0 Å². The molecule has 4 nitrogen and oxygen atoms in total. The fourth-order valence-electron chi connectivity index (χ4n) is 4.06. The number of alkyl halides is 6. The Morgan fingerprint density at radius 2 is 1.15 bits per heavy atom. The lowest BCUT2D eigenvalue weighted by atomic mass is 9.71. The smallest absolute Gasteiger partial charge is 0.411 e. The van der Waals surface area contributed by atoms with E-state index in [2.05, 4.69) is 26.3 Å². The van der Waals surface area contributed by atoms with E-state index in [1.807, 2.05) is 0 Å². The maximum atomic E-state index is 14.6. The van der Waals surface area contributed by atoms with Gasteiger partial charge in [0.2, 0.25) is 15.3 Å². The highest BCUT2D eigenvalue weighted by molar-refractivity contribution is 7.99. The van der Waals surface area contributed by atoms with Gasteiger partial charge in [0, 0.05) is 0 Å². The van der Waals surface area contributed by atoms with E-state index < -0.39 is 44.2 Å². The summed E-state index contributed by atoms with van der Waals surface area (Å²) in [6.45, 7) is 24.4. The van der Waals surface area contributed by atoms with Gasteiger partial charge in [-0.05, 0) is 86.3 Å². The van der Waals surface area contributed by atoms with E-state index >= 15 is 0 Å². The molecule has 0 amide bonds. The molecule has 0 aromatic rings. The lowest BCUT2D eigenvalue weighted by Gasteiger charge is -2.39. The van der Waals surface area contributed by atoms with E-state index in [1.54, 1.807) is 33.8 Å². The van der Waals surface area contributed by atoms with Gasteiger partial charge in [-0.3, -0.25) is 0 Å². The van der Waals surface area contributed by atoms with Crippen molar-refractivity contribution in [2.45, 2.75) is 60.8 Å². The fraction of sp³-hybridized carbons (Fsp3) is 0.314. The summed E-state index contributed by atoms with van der Waals surface area (Å²) in [5.41, 5.74) is -6.92. The number of hydrogen-bond acceptors (Lipinski definition) is 4. The SMILES string of the molecule is C=C(O)/C=C\C(=C/C)S(=O)(=O)C(=C)/C=C\C(=C/C)OC(=C)/C=C\C(=C/C)C(C(=C)/C=C\C(=C/C)C(C)(C)C)(C(F)(F)F)C(F)(F)F. The summed E-state index contributed by atoms with van der Waals surface area (Å²) in [4.78, 5) is -0.575. The first-order valence-corrected chi connectivity index (χ1v) is 15.3. The van der Waals surface area contributed by atoms with E-state index in [4.69, 9.17) is 4.74 Å². The molecule has 0 saturated carbocycles. The zero-order chi connectivity index (χ0) is 36.3. The van der Waals surface area contributed by atoms with Gasteiger partial charge >= 0.3 is 12.4 Å². The number of allylic oxidation sites excluding steroid dienone is 15. The van der Waals surface area contributed by atoms with Gasteiger partial charge in [0.15, 0.2) is 0 Å². The molecule has 0 aromatic carbocycles. The van der Waals surface area contributed by atoms with Crippen molar-refractivity contribution in [3.63, 3.8) is 0 Å². The first-order valence-electron chi connectivity index (χ1n) is 13.8. The first kappa shape index (κ1) is 42.0. The molecule has 0 unspecified atom stereocenters. The van der Waals surface area contributed by atoms with Gasteiger partial charge in [-0.15, -0.1) is 0 Å². The number of rotatable bonds is 14. The van der Waals surface area contributed by atoms with Crippen LogP contribution < -0.4 is 0 Å². The molecule has 0 spiro atoms. The lowest BCUT2D eigenvalue weighted by Crippen LogP contribution is -2.52. The van der Waals surface area contributed by atoms with Crippen molar-refractivity contribution < 1.29 is 44.6 Å². The van der Waals surface area contributed by atoms with Crippen LogP contribution in [-0.2, 0) is 14.6 Å². The van der Waals surface area contributed by atoms with Crippen LogP contribution in [0.1, 0.15) is 48.5 Å². The number of sulfone groups is 1. The summed E-state index contributed by atoms with van der Waals surface area (Å²) in [5, 5.41) is 9.22. The van der Waals surface area contributed by atoms with E-state index in [0.717, 1.165) is 37.3 Å². The molecule has 1 N–H and O–H groups in total. The Labute approximate surface area is 268 Å². The van der Waals surface area contributed by atoms with Crippen LogP contribution in [0.3, 0.4) is 0 Å². The van der Waals surface area contributed by atoms with Crippen LogP contribution in [0.25, 0.3) is 0 Å². The molecule has 0 radical (unpaired) electrons. The van der Waals surface area contributed by atoms with Crippen LogP contribution in [-0.4, -0.2) is 25.9 Å². The molecule has 46 heavy (non-hydrogen) atoms. The third-order valence-corrected chi connectivity index (χ3v) is 8.33. The van der Waals surface area contributed by atoms with Gasteiger partial charge in [-0.1, -0.05) is 83.5 Å². The molecule has 0 aliphatic rings. The molecule has 0 saturated heterocycles. The van der Waals surface area contributed by atoms with Crippen LogP contribution in [0.2, 0.25) is 0 Å². The van der Waals surface area contributed by atoms with Crippen LogP contribution in [0.4, 0.5) is 26.3 Å². The Kier molecular flexibility index (Phi) is 15.1. The maximum Gasteiger partial charge on any atom is 0.411 e. The third-order valence-electron chi connectivity index (χ3n) is 6.51. The Balaban J connectivity index is 6.54. The number of ether oxygens (including phenoxy) is 1. The Morgan fingerprint density at radius 3 is 1.54 bits per heavy atom. The van der Waals surface area contributed by atoms with E-state index in [9.17, 15) is 39.9 Å². The zero-order valence-corrected chi connectivity index (χ0v) is 27.9. The van der Waals surface area contributed by atoms with Gasteiger partial charge in [0.1, 0.15) is 17.3 Å². The van der Waals surface area contributed by atoms with Crippen LogP contribution >= 0.6 is 0 Å². The van der Waals surface area contributed by atoms with Crippen molar-refractivity contribution in [1.82, 2.24) is 0 Å². The number of aliphatic hydroxyl groups is 1. The second-order valence-corrected chi connectivity index (χ2v) is 12.8. The lowest BCUT2D eigenvalue weighted by molar-refractivity contribution is -0.308. The standard InChI is InChI=1S/C35H42F6O4S/c1-12-28(32(9,10)11)20-16-24(5)33(34(36,37)38,35(39,40)41)29(13-2)21-18-26(7)45-30(14-3)22-19-27(8)46(43,44)31(15-4)23-17-25(6)42/h12-23,42H,5-8H2,1-4,9-11H3/b20-16-,21-18-,22-19-,23-17-,28-12+,29-13+,30-14+,31-15+. The average Bonchev–Trinajstić information content (AvgIpc) is 2.90.